The van der Waals surface area contributed by atoms with Gasteiger partial charge in [-0.3, -0.25) is 9.97 Å². The molecular weight excluding hydrogens is 476 g/mol. The van der Waals surface area contributed by atoms with Crippen LogP contribution in [0.15, 0.2) is 116 Å². The van der Waals surface area contributed by atoms with E-state index in [2.05, 4.69) is 123 Å². The van der Waals surface area contributed by atoms with Crippen molar-refractivity contribution in [3.8, 4) is 22.5 Å². The van der Waals surface area contributed by atoms with Gasteiger partial charge in [-0.15, -0.1) is 0 Å². The minimum Gasteiger partial charge on any atom is -0.309 e. The molecule has 1 atom stereocenters. The summed E-state index contributed by atoms with van der Waals surface area (Å²) in [7, 11) is 0. The summed E-state index contributed by atoms with van der Waals surface area (Å²) in [6.07, 6.45) is 13.4. The molecule has 1 unspecified atom stereocenters. The highest BCUT2D eigenvalue weighted by atomic mass is 15.0. The average Bonchev–Trinajstić information content (AvgIpc) is 3.50. The van der Waals surface area contributed by atoms with Crippen molar-refractivity contribution in [3.63, 3.8) is 0 Å². The third-order valence-electron chi connectivity index (χ3n) is 8.08. The number of benzene rings is 3. The minimum atomic E-state index is 0.543. The monoisotopic (exact) mass is 502 g/mol. The van der Waals surface area contributed by atoms with Gasteiger partial charge in [0.15, 0.2) is 0 Å². The van der Waals surface area contributed by atoms with Crippen LogP contribution in [0.2, 0.25) is 0 Å². The molecule has 0 amide bonds. The van der Waals surface area contributed by atoms with Gasteiger partial charge in [0.25, 0.3) is 0 Å². The van der Waals surface area contributed by atoms with Crippen LogP contribution in [-0.4, -0.2) is 19.1 Å². The predicted octanol–water partition coefficient (Wildman–Crippen LogP) is 8.39. The van der Waals surface area contributed by atoms with Gasteiger partial charge in [0, 0.05) is 58.0 Å². The molecule has 7 aromatic rings. The second kappa shape index (κ2) is 8.53. The third-order valence-corrected chi connectivity index (χ3v) is 8.08. The molecule has 4 nitrogen and oxygen atoms in total. The van der Waals surface area contributed by atoms with Crippen molar-refractivity contribution in [1.82, 2.24) is 19.1 Å². The van der Waals surface area contributed by atoms with E-state index >= 15 is 0 Å². The number of fused-ring (bicyclic) bond motifs is 6. The third kappa shape index (κ3) is 3.38. The maximum absolute atomic E-state index is 4.42. The summed E-state index contributed by atoms with van der Waals surface area (Å²) in [5.41, 5.74) is 11.0. The molecule has 0 spiro atoms. The van der Waals surface area contributed by atoms with Gasteiger partial charge in [0.2, 0.25) is 0 Å². The largest absolute Gasteiger partial charge is 0.309 e. The number of allylic oxidation sites excluding steroid dienone is 1. The fourth-order valence-electron chi connectivity index (χ4n) is 6.23. The van der Waals surface area contributed by atoms with E-state index in [-0.39, 0.29) is 0 Å². The molecule has 8 rings (SSSR count). The van der Waals surface area contributed by atoms with Crippen LogP contribution in [-0.2, 0) is 6.42 Å². The van der Waals surface area contributed by atoms with Crippen LogP contribution in [0.5, 0.6) is 0 Å². The molecule has 1 aliphatic rings. The topological polar surface area (TPSA) is 35.6 Å². The summed E-state index contributed by atoms with van der Waals surface area (Å²) in [6, 6.07) is 30.5. The molecule has 4 aromatic heterocycles. The van der Waals surface area contributed by atoms with E-state index in [4.69, 9.17) is 0 Å². The smallest absolute Gasteiger partial charge is 0.0571 e. The number of rotatable bonds is 3. The van der Waals surface area contributed by atoms with Crippen molar-refractivity contribution >= 4 is 38.8 Å². The summed E-state index contributed by atoms with van der Waals surface area (Å²) in [5, 5.41) is 3.65. The van der Waals surface area contributed by atoms with Crippen LogP contribution in [0.4, 0.5) is 0 Å². The van der Waals surface area contributed by atoms with E-state index in [1.54, 1.807) is 0 Å². The van der Waals surface area contributed by atoms with Crippen LogP contribution < -0.4 is 0 Å². The fourth-order valence-corrected chi connectivity index (χ4v) is 6.23. The maximum Gasteiger partial charge on any atom is 0.0571 e. The quantitative estimate of drug-likeness (QED) is 0.243. The van der Waals surface area contributed by atoms with Gasteiger partial charge in [-0.2, -0.15) is 0 Å². The Morgan fingerprint density at radius 2 is 1.21 bits per heavy atom. The minimum absolute atomic E-state index is 0.543. The lowest BCUT2D eigenvalue weighted by Gasteiger charge is -2.16. The Balaban J connectivity index is 1.18. The highest BCUT2D eigenvalue weighted by molar-refractivity contribution is 6.08. The summed E-state index contributed by atoms with van der Waals surface area (Å²) in [5.74, 6) is 0.543. The number of nitrogens with zero attached hydrogens (tertiary/aromatic N) is 4. The molecule has 0 saturated heterocycles. The molecule has 0 radical (unpaired) electrons. The molecule has 3 aromatic carbocycles. The van der Waals surface area contributed by atoms with E-state index in [9.17, 15) is 0 Å². The predicted molar refractivity (Wildman–Crippen MR) is 161 cm³/mol. The van der Waals surface area contributed by atoms with Gasteiger partial charge in [0.1, 0.15) is 0 Å². The molecule has 0 fully saturated rings. The van der Waals surface area contributed by atoms with E-state index in [1.165, 1.54) is 60.8 Å². The normalized spacial score (nSPS) is 14.8. The zero-order valence-corrected chi connectivity index (χ0v) is 21.6. The second-order valence-electron chi connectivity index (χ2n) is 10.5. The Kier molecular flexibility index (Phi) is 4.83. The first-order valence-electron chi connectivity index (χ1n) is 13.5. The lowest BCUT2D eigenvalue weighted by molar-refractivity contribution is 0.717. The molecule has 1 aliphatic carbocycles. The number of hydrogen-bond acceptors (Lipinski definition) is 2. The van der Waals surface area contributed by atoms with Crippen LogP contribution in [0.3, 0.4) is 0 Å². The first-order valence-corrected chi connectivity index (χ1v) is 13.5. The Labute approximate surface area is 226 Å². The molecule has 39 heavy (non-hydrogen) atoms. The molecule has 0 aliphatic heterocycles. The molecule has 4 heterocycles. The molecule has 0 bridgehead atoms. The summed E-state index contributed by atoms with van der Waals surface area (Å²) in [6.45, 7) is 2.28. The van der Waals surface area contributed by atoms with Crippen molar-refractivity contribution in [2.24, 2.45) is 5.92 Å². The Morgan fingerprint density at radius 1 is 0.615 bits per heavy atom. The first kappa shape index (κ1) is 22.1. The lowest BCUT2D eigenvalue weighted by Crippen LogP contribution is -2.05. The standard InChI is InChI=1S/C35H26N4/c1-23-6-15-33-29(20-23)31-22-37-19-17-35(31)39(33)27-13-9-25(10-14-27)24-7-11-26(12-8-24)38-32-5-3-2-4-28(32)30-21-36-18-16-34(30)38/h2-19,21-23H,20H2,1H3. The van der Waals surface area contributed by atoms with Crippen LogP contribution in [0.1, 0.15) is 18.2 Å². The zero-order valence-electron chi connectivity index (χ0n) is 21.6. The number of para-hydroxylation sites is 1. The van der Waals surface area contributed by atoms with Crippen LogP contribution >= 0.6 is 0 Å². The van der Waals surface area contributed by atoms with E-state index in [0.717, 1.165) is 12.1 Å². The Hall–Kier alpha value is -4.96. The Morgan fingerprint density at radius 3 is 1.92 bits per heavy atom. The lowest BCUT2D eigenvalue weighted by atomic mass is 9.94. The maximum atomic E-state index is 4.42. The van der Waals surface area contributed by atoms with Gasteiger partial charge in [0.05, 0.1) is 16.6 Å². The molecular formula is C35H26N4. The number of hydrogen-bond donors (Lipinski definition) is 0. The summed E-state index contributed by atoms with van der Waals surface area (Å²) in [4.78, 5) is 8.79. The number of aromatic nitrogens is 4. The molecule has 186 valence electrons. The van der Waals surface area contributed by atoms with E-state index in [1.807, 2.05) is 24.8 Å². The van der Waals surface area contributed by atoms with Gasteiger partial charge in [-0.1, -0.05) is 55.5 Å². The average molecular weight is 503 g/mol. The number of pyridine rings is 2. The highest BCUT2D eigenvalue weighted by Gasteiger charge is 2.21. The molecule has 4 heteroatoms. The van der Waals surface area contributed by atoms with Gasteiger partial charge >= 0.3 is 0 Å². The van der Waals surface area contributed by atoms with Crippen molar-refractivity contribution < 1.29 is 0 Å². The van der Waals surface area contributed by atoms with Crippen molar-refractivity contribution in [2.45, 2.75) is 13.3 Å². The zero-order chi connectivity index (χ0) is 25.9. The van der Waals surface area contributed by atoms with Crippen molar-refractivity contribution in [1.29, 1.82) is 0 Å². The first-order chi connectivity index (χ1) is 19.3. The van der Waals surface area contributed by atoms with Gasteiger partial charge in [-0.05, 0) is 77.6 Å². The Bertz CT molecular complexity index is 1990. The fraction of sp³-hybridized carbons (Fsp3) is 0.0857. The SMILES string of the molecule is CC1C=Cc2c(c3cnccc3n2-c2ccc(-c3ccc(-n4c5ccccc5c5cnccc54)cc3)cc2)C1. The van der Waals surface area contributed by atoms with E-state index in [0.29, 0.717) is 5.92 Å². The van der Waals surface area contributed by atoms with Gasteiger partial charge < -0.3 is 9.13 Å². The summed E-state index contributed by atoms with van der Waals surface area (Å²) >= 11 is 0. The van der Waals surface area contributed by atoms with Crippen molar-refractivity contribution in [2.75, 3.05) is 0 Å². The van der Waals surface area contributed by atoms with Crippen LogP contribution in [0, 0.1) is 5.92 Å². The summed E-state index contributed by atoms with van der Waals surface area (Å²) < 4.78 is 4.70. The molecule has 0 N–H and O–H groups in total. The van der Waals surface area contributed by atoms with Crippen LogP contribution in [0.25, 0.3) is 61.3 Å². The van der Waals surface area contributed by atoms with Crippen molar-refractivity contribution in [3.05, 3.63) is 127 Å². The van der Waals surface area contributed by atoms with Gasteiger partial charge in [-0.25, -0.2) is 0 Å². The molecule has 0 saturated carbocycles. The van der Waals surface area contributed by atoms with E-state index < -0.39 is 0 Å². The second-order valence-corrected chi connectivity index (χ2v) is 10.5. The highest BCUT2D eigenvalue weighted by Crippen LogP contribution is 2.36.